The molecule has 2 heterocycles. The van der Waals surface area contributed by atoms with Crippen molar-refractivity contribution in [3.05, 3.63) is 27.1 Å². The van der Waals surface area contributed by atoms with Crippen LogP contribution in [-0.4, -0.2) is 39.0 Å². The Morgan fingerprint density at radius 2 is 2.38 bits per heavy atom. The lowest BCUT2D eigenvalue weighted by Crippen LogP contribution is -2.34. The molecule has 1 atom stereocenters. The van der Waals surface area contributed by atoms with Gasteiger partial charge in [-0.15, -0.1) is 0 Å². The molecule has 0 saturated heterocycles. The van der Waals surface area contributed by atoms with Gasteiger partial charge in [-0.2, -0.15) is 21.4 Å². The Morgan fingerprint density at radius 1 is 1.62 bits per heavy atom. The molecule has 0 spiro atoms. The number of rotatable bonds is 6. The van der Waals surface area contributed by atoms with Gasteiger partial charge in [-0.05, 0) is 13.8 Å². The van der Waals surface area contributed by atoms with Crippen LogP contribution in [0.15, 0.2) is 10.9 Å². The lowest BCUT2D eigenvalue weighted by atomic mass is 10.4. The lowest BCUT2D eigenvalue weighted by molar-refractivity contribution is -0.144. The van der Waals surface area contributed by atoms with Gasteiger partial charge >= 0.3 is 5.97 Å². The molecular weight excluding hydrogens is 312 g/mol. The number of aryl methyl sites for hydroxylation is 1. The summed E-state index contributed by atoms with van der Waals surface area (Å²) in [5, 5.41) is 4.98. The molecule has 2 rings (SSSR count). The molecule has 2 aromatic heterocycles. The first-order chi connectivity index (χ1) is 10.0. The summed E-state index contributed by atoms with van der Waals surface area (Å²) in [5.74, 6) is 0.609. The number of aromatic nitrogens is 3. The van der Waals surface area contributed by atoms with Crippen LogP contribution in [0.5, 0.6) is 0 Å². The maximum absolute atomic E-state index is 11.7. The van der Waals surface area contributed by atoms with Crippen molar-refractivity contribution in [1.29, 1.82) is 0 Å². The molecule has 21 heavy (non-hydrogen) atoms. The number of carbonyl (C=O) groups is 1. The van der Waals surface area contributed by atoms with Crippen LogP contribution in [0.2, 0.25) is 0 Å². The van der Waals surface area contributed by atoms with Gasteiger partial charge in [0.2, 0.25) is 4.96 Å². The van der Waals surface area contributed by atoms with Gasteiger partial charge in [0, 0.05) is 23.3 Å². The van der Waals surface area contributed by atoms with Gasteiger partial charge in [0.05, 0.1) is 6.61 Å². The second-order valence-corrected chi connectivity index (χ2v) is 6.37. The Morgan fingerprint density at radius 3 is 3.10 bits per heavy atom. The van der Waals surface area contributed by atoms with E-state index in [1.807, 2.05) is 0 Å². The second-order valence-electron chi connectivity index (χ2n) is 4.30. The van der Waals surface area contributed by atoms with Crippen molar-refractivity contribution in [1.82, 2.24) is 14.6 Å². The Bertz CT molecular complexity index is 697. The quantitative estimate of drug-likeness (QED) is 0.774. The maximum atomic E-state index is 11.7. The Kier molecular flexibility index (Phi) is 5.32. The van der Waals surface area contributed by atoms with E-state index in [1.54, 1.807) is 13.8 Å². The van der Waals surface area contributed by atoms with Crippen LogP contribution in [0.3, 0.4) is 0 Å². The first-order valence-electron chi connectivity index (χ1n) is 6.37. The average molecular weight is 328 g/mol. The minimum Gasteiger partial charge on any atom is -0.465 e. The van der Waals surface area contributed by atoms with E-state index in [4.69, 9.17) is 10.5 Å². The highest BCUT2D eigenvalue weighted by molar-refractivity contribution is 7.98. The van der Waals surface area contributed by atoms with Gasteiger partial charge < -0.3 is 10.5 Å². The Labute approximate surface area is 129 Å². The zero-order chi connectivity index (χ0) is 15.4. The van der Waals surface area contributed by atoms with Crippen molar-refractivity contribution < 1.29 is 9.53 Å². The van der Waals surface area contributed by atoms with Gasteiger partial charge in [-0.1, -0.05) is 11.3 Å². The number of ether oxygens (including phenoxy) is 1. The van der Waals surface area contributed by atoms with Gasteiger partial charge in [0.25, 0.3) is 5.56 Å². The van der Waals surface area contributed by atoms with Crippen molar-refractivity contribution >= 4 is 34.0 Å². The molecule has 0 amide bonds. The molecule has 0 aliphatic rings. The molecule has 2 aromatic rings. The third-order valence-corrected chi connectivity index (χ3v) is 4.69. The third kappa shape index (κ3) is 4.02. The monoisotopic (exact) mass is 328 g/mol. The summed E-state index contributed by atoms with van der Waals surface area (Å²) in [6.07, 6.45) is 0. The number of nitrogens with zero attached hydrogens (tertiary/aromatic N) is 3. The normalized spacial score (nSPS) is 12.5. The second kappa shape index (κ2) is 7.01. The van der Waals surface area contributed by atoms with Crippen molar-refractivity contribution in [2.75, 3.05) is 12.4 Å². The van der Waals surface area contributed by atoms with Gasteiger partial charge in [-0.3, -0.25) is 9.59 Å². The maximum Gasteiger partial charge on any atom is 0.323 e. The summed E-state index contributed by atoms with van der Waals surface area (Å²) in [6, 6.07) is 0.799. The number of hydrogen-bond acceptors (Lipinski definition) is 8. The zero-order valence-corrected chi connectivity index (χ0v) is 13.4. The molecule has 0 aromatic carbocycles. The first-order valence-corrected chi connectivity index (χ1v) is 8.34. The highest BCUT2D eigenvalue weighted by Crippen LogP contribution is 2.18. The highest BCUT2D eigenvalue weighted by Gasteiger charge is 2.15. The Balaban J connectivity index is 1.97. The number of carbonyl (C=O) groups excluding carboxylic acids is 1. The van der Waals surface area contributed by atoms with E-state index < -0.39 is 12.0 Å². The van der Waals surface area contributed by atoms with Crippen LogP contribution in [0.1, 0.15) is 17.6 Å². The van der Waals surface area contributed by atoms with E-state index >= 15 is 0 Å². The molecule has 7 nitrogen and oxygen atoms in total. The smallest absolute Gasteiger partial charge is 0.323 e. The standard InChI is InChI=1S/C12H16N4O3S2/c1-3-19-11(18)8(13)5-20-6-9-15-16-10(17)4-7(2)14-12(16)21-9/h4,8H,3,5-6,13H2,1-2H3. The van der Waals surface area contributed by atoms with Crippen LogP contribution in [0.25, 0.3) is 4.96 Å². The molecule has 0 bridgehead atoms. The average Bonchev–Trinajstić information content (AvgIpc) is 2.82. The minimum absolute atomic E-state index is 0.187. The Hall–Kier alpha value is -1.45. The van der Waals surface area contributed by atoms with E-state index in [1.165, 1.54) is 33.7 Å². The van der Waals surface area contributed by atoms with E-state index in [-0.39, 0.29) is 5.56 Å². The molecule has 0 fully saturated rings. The van der Waals surface area contributed by atoms with Gasteiger partial charge in [0.1, 0.15) is 11.0 Å². The van der Waals surface area contributed by atoms with Crippen molar-refractivity contribution in [3.63, 3.8) is 0 Å². The zero-order valence-electron chi connectivity index (χ0n) is 11.7. The van der Waals surface area contributed by atoms with E-state index in [2.05, 4.69) is 10.1 Å². The number of fused-ring (bicyclic) bond motifs is 1. The first kappa shape index (κ1) is 15.9. The summed E-state index contributed by atoms with van der Waals surface area (Å²) in [5.41, 5.74) is 6.19. The molecule has 0 radical (unpaired) electrons. The summed E-state index contributed by atoms with van der Waals surface area (Å²) >= 11 is 2.83. The molecular formula is C12H16N4O3S2. The number of nitrogens with two attached hydrogens (primary N) is 1. The SMILES string of the molecule is CCOC(=O)C(N)CSCc1nn2c(=O)cc(C)nc2s1. The summed E-state index contributed by atoms with van der Waals surface area (Å²) < 4.78 is 6.13. The molecule has 2 N–H and O–H groups in total. The van der Waals surface area contributed by atoms with Crippen molar-refractivity contribution in [2.24, 2.45) is 5.73 Å². The number of hydrogen-bond donors (Lipinski definition) is 1. The van der Waals surface area contributed by atoms with Gasteiger partial charge in [0.15, 0.2) is 0 Å². The highest BCUT2D eigenvalue weighted by atomic mass is 32.2. The van der Waals surface area contributed by atoms with Crippen LogP contribution in [0.4, 0.5) is 0 Å². The predicted molar refractivity (Wildman–Crippen MR) is 82.6 cm³/mol. The van der Waals surface area contributed by atoms with Gasteiger partial charge in [-0.25, -0.2) is 4.98 Å². The summed E-state index contributed by atoms with van der Waals surface area (Å²) in [4.78, 5) is 28.0. The van der Waals surface area contributed by atoms with Crippen LogP contribution >= 0.6 is 23.1 Å². The fourth-order valence-corrected chi connectivity index (χ4v) is 3.57. The lowest BCUT2D eigenvalue weighted by Gasteiger charge is -2.08. The molecule has 0 saturated carbocycles. The molecule has 1 unspecified atom stereocenters. The summed E-state index contributed by atoms with van der Waals surface area (Å²) in [7, 11) is 0. The van der Waals surface area contributed by atoms with Crippen molar-refractivity contribution in [2.45, 2.75) is 25.6 Å². The predicted octanol–water partition coefficient (Wildman–Crippen LogP) is 0.583. The molecule has 114 valence electrons. The van der Waals surface area contributed by atoms with E-state index in [0.29, 0.717) is 28.8 Å². The molecule has 0 aliphatic carbocycles. The van der Waals surface area contributed by atoms with E-state index in [9.17, 15) is 9.59 Å². The molecule has 0 aliphatic heterocycles. The topological polar surface area (TPSA) is 99.6 Å². The van der Waals surface area contributed by atoms with E-state index in [0.717, 1.165) is 5.01 Å². The largest absolute Gasteiger partial charge is 0.465 e. The van der Waals surface area contributed by atoms with Crippen LogP contribution < -0.4 is 11.3 Å². The fourth-order valence-electron chi connectivity index (χ4n) is 1.61. The minimum atomic E-state index is -0.646. The van der Waals surface area contributed by atoms with Crippen molar-refractivity contribution in [3.8, 4) is 0 Å². The molecule has 9 heteroatoms. The van der Waals surface area contributed by atoms with Crippen LogP contribution in [-0.2, 0) is 15.3 Å². The number of thioether (sulfide) groups is 1. The third-order valence-electron chi connectivity index (χ3n) is 2.53. The number of esters is 1. The summed E-state index contributed by atoms with van der Waals surface area (Å²) in [6.45, 7) is 3.84. The van der Waals surface area contributed by atoms with Crippen LogP contribution in [0, 0.1) is 6.92 Å². The fraction of sp³-hybridized carbons (Fsp3) is 0.500.